The van der Waals surface area contributed by atoms with Gasteiger partial charge in [-0.3, -0.25) is 0 Å². The maximum Gasteiger partial charge on any atom is 0.404 e. The van der Waals surface area contributed by atoms with Crippen LogP contribution in [-0.4, -0.2) is 22.7 Å². The lowest BCUT2D eigenvalue weighted by Gasteiger charge is -2.09. The van der Waals surface area contributed by atoms with E-state index in [9.17, 15) is 4.79 Å². The number of benzene rings is 1. The minimum Gasteiger partial charge on any atom is -0.465 e. The highest BCUT2D eigenvalue weighted by molar-refractivity contribution is 5.83. The molecule has 2 aromatic rings. The maximum absolute atomic E-state index is 10.4. The molecule has 0 radical (unpaired) electrons. The first-order valence-corrected chi connectivity index (χ1v) is 5.21. The predicted molar refractivity (Wildman–Crippen MR) is 62.7 cm³/mol. The fourth-order valence-corrected chi connectivity index (χ4v) is 1.85. The Kier molecular flexibility index (Phi) is 2.81. The van der Waals surface area contributed by atoms with Crippen LogP contribution in [-0.2, 0) is 0 Å². The van der Waals surface area contributed by atoms with Crippen LogP contribution in [0.4, 0.5) is 4.79 Å². The van der Waals surface area contributed by atoms with Crippen LogP contribution in [0.3, 0.4) is 0 Å². The molecule has 1 unspecified atom stereocenters. The number of amides is 1. The summed E-state index contributed by atoms with van der Waals surface area (Å²) >= 11 is 0. The van der Waals surface area contributed by atoms with Crippen LogP contribution in [0.5, 0.6) is 0 Å². The van der Waals surface area contributed by atoms with Gasteiger partial charge in [0.25, 0.3) is 0 Å². The van der Waals surface area contributed by atoms with Gasteiger partial charge < -0.3 is 15.4 Å². The van der Waals surface area contributed by atoms with E-state index in [1.165, 1.54) is 0 Å². The summed E-state index contributed by atoms with van der Waals surface area (Å²) in [5, 5.41) is 12.1. The number of hydrogen-bond acceptors (Lipinski definition) is 1. The number of fused-ring (bicyclic) bond motifs is 1. The van der Waals surface area contributed by atoms with Crippen molar-refractivity contribution in [3.63, 3.8) is 0 Å². The van der Waals surface area contributed by atoms with Crippen LogP contribution in [0.25, 0.3) is 10.9 Å². The van der Waals surface area contributed by atoms with Gasteiger partial charge in [-0.2, -0.15) is 0 Å². The first-order chi connectivity index (χ1) is 7.68. The molecule has 0 bridgehead atoms. The second kappa shape index (κ2) is 4.26. The van der Waals surface area contributed by atoms with Crippen molar-refractivity contribution in [3.8, 4) is 0 Å². The molecule has 0 aliphatic rings. The molecular formula is C12H14N2O2. The van der Waals surface area contributed by atoms with E-state index in [1.807, 2.05) is 37.4 Å². The fourth-order valence-electron chi connectivity index (χ4n) is 1.85. The monoisotopic (exact) mass is 218 g/mol. The van der Waals surface area contributed by atoms with Crippen molar-refractivity contribution in [1.82, 2.24) is 10.3 Å². The van der Waals surface area contributed by atoms with Crippen LogP contribution in [0.15, 0.2) is 30.5 Å². The number of para-hydroxylation sites is 1. The summed E-state index contributed by atoms with van der Waals surface area (Å²) < 4.78 is 0. The topological polar surface area (TPSA) is 65.1 Å². The quantitative estimate of drug-likeness (QED) is 0.741. The van der Waals surface area contributed by atoms with Crippen LogP contribution in [0.2, 0.25) is 0 Å². The van der Waals surface area contributed by atoms with E-state index in [4.69, 9.17) is 5.11 Å². The number of nitrogens with one attached hydrogen (secondary N) is 2. The largest absolute Gasteiger partial charge is 0.465 e. The summed E-state index contributed by atoms with van der Waals surface area (Å²) in [5.74, 6) is 0.159. The third kappa shape index (κ3) is 2.00. The number of aromatic nitrogens is 1. The average molecular weight is 218 g/mol. The lowest BCUT2D eigenvalue weighted by Crippen LogP contribution is -2.25. The number of carboxylic acid groups (broad SMARTS) is 1. The number of carbonyl (C=O) groups is 1. The van der Waals surface area contributed by atoms with E-state index >= 15 is 0 Å². The van der Waals surface area contributed by atoms with Crippen LogP contribution < -0.4 is 5.32 Å². The van der Waals surface area contributed by atoms with Crippen molar-refractivity contribution in [1.29, 1.82) is 0 Å². The lowest BCUT2D eigenvalue weighted by atomic mass is 10.0. The first-order valence-electron chi connectivity index (χ1n) is 5.21. The second-order valence-corrected chi connectivity index (χ2v) is 3.88. The molecule has 2 rings (SSSR count). The lowest BCUT2D eigenvalue weighted by molar-refractivity contribution is 0.194. The van der Waals surface area contributed by atoms with E-state index in [1.54, 1.807) is 0 Å². The highest BCUT2D eigenvalue weighted by atomic mass is 16.4. The zero-order chi connectivity index (χ0) is 11.5. The molecule has 3 N–H and O–H groups in total. The molecule has 0 aliphatic heterocycles. The summed E-state index contributed by atoms with van der Waals surface area (Å²) in [6, 6.07) is 8.01. The number of aromatic amines is 1. The van der Waals surface area contributed by atoms with Gasteiger partial charge in [0.2, 0.25) is 0 Å². The van der Waals surface area contributed by atoms with Gasteiger partial charge in [-0.05, 0) is 11.6 Å². The molecule has 1 heterocycles. The Balaban J connectivity index is 2.22. The van der Waals surface area contributed by atoms with Crippen LogP contribution in [0.1, 0.15) is 18.4 Å². The van der Waals surface area contributed by atoms with Gasteiger partial charge in [0, 0.05) is 29.6 Å². The smallest absolute Gasteiger partial charge is 0.404 e. The van der Waals surface area contributed by atoms with Gasteiger partial charge >= 0.3 is 6.09 Å². The average Bonchev–Trinajstić information content (AvgIpc) is 2.69. The van der Waals surface area contributed by atoms with Crippen molar-refractivity contribution in [2.24, 2.45) is 0 Å². The number of H-pyrrole nitrogens is 1. The molecule has 0 fully saturated rings. The minimum absolute atomic E-state index is 0.159. The summed E-state index contributed by atoms with van der Waals surface area (Å²) in [4.78, 5) is 13.6. The molecule has 4 heteroatoms. The summed E-state index contributed by atoms with van der Waals surface area (Å²) in [7, 11) is 0. The SMILES string of the molecule is CC(CNC(=O)O)c1c[nH]c2ccccc12. The molecular weight excluding hydrogens is 204 g/mol. The Hall–Kier alpha value is -1.97. The summed E-state index contributed by atoms with van der Waals surface area (Å²) in [5.41, 5.74) is 2.23. The molecule has 1 amide bonds. The Morgan fingerprint density at radius 2 is 2.25 bits per heavy atom. The van der Waals surface area contributed by atoms with E-state index < -0.39 is 6.09 Å². The van der Waals surface area contributed by atoms with E-state index in [-0.39, 0.29) is 5.92 Å². The fraction of sp³-hybridized carbons (Fsp3) is 0.250. The molecule has 16 heavy (non-hydrogen) atoms. The van der Waals surface area contributed by atoms with E-state index in [0.29, 0.717) is 6.54 Å². The van der Waals surface area contributed by atoms with E-state index in [2.05, 4.69) is 10.3 Å². The van der Waals surface area contributed by atoms with Gasteiger partial charge in [0.1, 0.15) is 0 Å². The Morgan fingerprint density at radius 3 is 3.00 bits per heavy atom. The number of hydrogen-bond donors (Lipinski definition) is 3. The highest BCUT2D eigenvalue weighted by Gasteiger charge is 2.11. The van der Waals surface area contributed by atoms with Crippen molar-refractivity contribution in [3.05, 3.63) is 36.0 Å². The Bertz CT molecular complexity index is 504. The molecule has 1 atom stereocenters. The summed E-state index contributed by atoms with van der Waals surface area (Å²) in [6.45, 7) is 2.43. The molecule has 4 nitrogen and oxygen atoms in total. The Morgan fingerprint density at radius 1 is 1.50 bits per heavy atom. The predicted octanol–water partition coefficient (Wildman–Crippen LogP) is 2.54. The highest BCUT2D eigenvalue weighted by Crippen LogP contribution is 2.24. The van der Waals surface area contributed by atoms with Crippen molar-refractivity contribution >= 4 is 17.0 Å². The van der Waals surface area contributed by atoms with Crippen molar-refractivity contribution < 1.29 is 9.90 Å². The van der Waals surface area contributed by atoms with Gasteiger partial charge in [-0.25, -0.2) is 4.79 Å². The zero-order valence-corrected chi connectivity index (χ0v) is 9.03. The molecule has 1 aromatic carbocycles. The third-order valence-corrected chi connectivity index (χ3v) is 2.71. The standard InChI is InChI=1S/C12H14N2O2/c1-8(6-14-12(15)16)10-7-13-11-5-3-2-4-9(10)11/h2-5,7-8,13-14H,6H2,1H3,(H,15,16). The minimum atomic E-state index is -0.980. The molecule has 0 spiro atoms. The van der Waals surface area contributed by atoms with E-state index in [0.717, 1.165) is 16.5 Å². The molecule has 0 saturated heterocycles. The first kappa shape index (κ1) is 10.5. The van der Waals surface area contributed by atoms with Gasteiger partial charge in [-0.1, -0.05) is 25.1 Å². The Labute approximate surface area is 93.3 Å². The van der Waals surface area contributed by atoms with Gasteiger partial charge in [0.05, 0.1) is 0 Å². The maximum atomic E-state index is 10.4. The molecule has 1 aromatic heterocycles. The normalized spacial score (nSPS) is 12.6. The molecule has 84 valence electrons. The third-order valence-electron chi connectivity index (χ3n) is 2.71. The van der Waals surface area contributed by atoms with Gasteiger partial charge in [0.15, 0.2) is 0 Å². The second-order valence-electron chi connectivity index (χ2n) is 3.88. The van der Waals surface area contributed by atoms with Crippen molar-refractivity contribution in [2.75, 3.05) is 6.54 Å². The van der Waals surface area contributed by atoms with Crippen molar-refractivity contribution in [2.45, 2.75) is 12.8 Å². The molecule has 0 saturated carbocycles. The molecule has 0 aliphatic carbocycles. The van der Waals surface area contributed by atoms with Gasteiger partial charge in [-0.15, -0.1) is 0 Å². The number of rotatable bonds is 3. The summed E-state index contributed by atoms with van der Waals surface area (Å²) in [6.07, 6.45) is 0.963. The van der Waals surface area contributed by atoms with Crippen LogP contribution in [0, 0.1) is 0 Å². The van der Waals surface area contributed by atoms with Crippen LogP contribution >= 0.6 is 0 Å². The zero-order valence-electron chi connectivity index (χ0n) is 9.03.